The highest BCUT2D eigenvalue weighted by Gasteiger charge is 2.25. The highest BCUT2D eigenvalue weighted by atomic mass is 79.9. The largest absolute Gasteiger partial charge is 0.306 e. The molecule has 1 aromatic heterocycles. The Kier molecular flexibility index (Phi) is 4.70. The number of aliphatic imine (C=N–C) groups is 1. The summed E-state index contributed by atoms with van der Waals surface area (Å²) in [5, 5.41) is 0. The molecule has 0 atom stereocenters. The van der Waals surface area contributed by atoms with Crippen molar-refractivity contribution in [2.24, 2.45) is 4.99 Å². The van der Waals surface area contributed by atoms with Crippen LogP contribution in [-0.4, -0.2) is 11.6 Å². The van der Waals surface area contributed by atoms with Crippen molar-refractivity contribution in [2.45, 2.75) is 13.0 Å². The van der Waals surface area contributed by atoms with E-state index >= 15 is 0 Å². The first-order valence-corrected chi connectivity index (χ1v) is 9.68. The molecule has 0 bridgehead atoms. The summed E-state index contributed by atoms with van der Waals surface area (Å²) in [6.45, 7) is 0.310. The van der Waals surface area contributed by atoms with Gasteiger partial charge < -0.3 is 4.90 Å². The molecule has 0 radical (unpaired) electrons. The number of halogens is 2. The number of benzene rings is 2. The molecule has 26 heavy (non-hydrogen) atoms. The topological polar surface area (TPSA) is 32.7 Å². The van der Waals surface area contributed by atoms with Gasteiger partial charge in [0.15, 0.2) is 0 Å². The number of fused-ring (bicyclic) bond motifs is 1. The van der Waals surface area contributed by atoms with Gasteiger partial charge in [-0.15, -0.1) is 11.3 Å². The molecule has 0 saturated carbocycles. The van der Waals surface area contributed by atoms with E-state index < -0.39 is 0 Å². The number of anilines is 1. The fourth-order valence-electron chi connectivity index (χ4n) is 2.95. The van der Waals surface area contributed by atoms with Gasteiger partial charge in [0.2, 0.25) is 5.91 Å². The first-order chi connectivity index (χ1) is 12.6. The first-order valence-electron chi connectivity index (χ1n) is 8.07. The molecular formula is C20H14BrFN2OS. The van der Waals surface area contributed by atoms with Crippen LogP contribution >= 0.6 is 27.3 Å². The SMILES string of the molecule is O=C1CC(c2ccc(Br)s2)=Nc2ccccc2N1Cc1cccc(F)c1. The van der Waals surface area contributed by atoms with E-state index in [0.29, 0.717) is 6.54 Å². The van der Waals surface area contributed by atoms with Gasteiger partial charge in [-0.3, -0.25) is 4.79 Å². The molecule has 0 unspecified atom stereocenters. The number of para-hydroxylation sites is 2. The monoisotopic (exact) mass is 428 g/mol. The molecule has 1 aliphatic heterocycles. The lowest BCUT2D eigenvalue weighted by Gasteiger charge is -2.22. The zero-order chi connectivity index (χ0) is 18.1. The second-order valence-corrected chi connectivity index (χ2v) is 8.40. The van der Waals surface area contributed by atoms with Crippen LogP contribution in [0.2, 0.25) is 0 Å². The molecule has 1 amide bonds. The number of thiophene rings is 1. The second-order valence-electron chi connectivity index (χ2n) is 5.94. The number of nitrogens with zero attached hydrogens (tertiary/aromatic N) is 2. The normalized spacial score (nSPS) is 14.0. The van der Waals surface area contributed by atoms with Crippen molar-refractivity contribution in [3.63, 3.8) is 0 Å². The number of hydrogen-bond acceptors (Lipinski definition) is 3. The lowest BCUT2D eigenvalue weighted by Crippen LogP contribution is -2.30. The minimum absolute atomic E-state index is 0.0533. The summed E-state index contributed by atoms with van der Waals surface area (Å²) in [4.78, 5) is 20.4. The maximum Gasteiger partial charge on any atom is 0.233 e. The van der Waals surface area contributed by atoms with Crippen molar-refractivity contribution >= 4 is 50.3 Å². The van der Waals surface area contributed by atoms with E-state index in [1.165, 1.54) is 12.1 Å². The van der Waals surface area contributed by atoms with E-state index in [4.69, 9.17) is 4.99 Å². The Bertz CT molecular complexity index is 1010. The van der Waals surface area contributed by atoms with Crippen LogP contribution in [0.4, 0.5) is 15.8 Å². The highest BCUT2D eigenvalue weighted by molar-refractivity contribution is 9.11. The lowest BCUT2D eigenvalue weighted by atomic mass is 10.1. The van der Waals surface area contributed by atoms with Crippen LogP contribution in [0.5, 0.6) is 0 Å². The van der Waals surface area contributed by atoms with Gasteiger partial charge in [0.1, 0.15) is 5.82 Å². The average molecular weight is 429 g/mol. The highest BCUT2D eigenvalue weighted by Crippen LogP contribution is 2.35. The first kappa shape index (κ1) is 17.1. The van der Waals surface area contributed by atoms with Crippen molar-refractivity contribution < 1.29 is 9.18 Å². The van der Waals surface area contributed by atoms with Crippen molar-refractivity contribution in [2.75, 3.05) is 4.90 Å². The van der Waals surface area contributed by atoms with E-state index in [2.05, 4.69) is 15.9 Å². The smallest absolute Gasteiger partial charge is 0.233 e. The van der Waals surface area contributed by atoms with E-state index in [0.717, 1.165) is 31.3 Å². The molecule has 0 spiro atoms. The molecule has 0 fully saturated rings. The third-order valence-electron chi connectivity index (χ3n) is 4.14. The molecule has 4 rings (SSSR count). The second kappa shape index (κ2) is 7.13. The Morgan fingerprint density at radius 2 is 1.96 bits per heavy atom. The number of amides is 1. The average Bonchev–Trinajstić information content (AvgIpc) is 3.00. The van der Waals surface area contributed by atoms with E-state index in [1.807, 2.05) is 42.5 Å². The van der Waals surface area contributed by atoms with Crippen molar-refractivity contribution in [3.8, 4) is 0 Å². The minimum atomic E-state index is -0.307. The minimum Gasteiger partial charge on any atom is -0.306 e. The van der Waals surface area contributed by atoms with Crippen LogP contribution in [0.1, 0.15) is 16.9 Å². The summed E-state index contributed by atoms with van der Waals surface area (Å²) < 4.78 is 14.5. The van der Waals surface area contributed by atoms with Crippen molar-refractivity contribution in [1.29, 1.82) is 0 Å². The summed E-state index contributed by atoms with van der Waals surface area (Å²) in [6, 6.07) is 17.8. The summed E-state index contributed by atoms with van der Waals surface area (Å²) in [7, 11) is 0. The Hall–Kier alpha value is -2.31. The predicted molar refractivity (Wildman–Crippen MR) is 107 cm³/mol. The van der Waals surface area contributed by atoms with Gasteiger partial charge in [-0.1, -0.05) is 24.3 Å². The number of hydrogen-bond donors (Lipinski definition) is 0. The zero-order valence-electron chi connectivity index (χ0n) is 13.7. The summed E-state index contributed by atoms with van der Waals surface area (Å²) in [6.07, 6.45) is 0.205. The summed E-state index contributed by atoms with van der Waals surface area (Å²) >= 11 is 5.01. The molecule has 2 aromatic carbocycles. The number of carbonyl (C=O) groups excluding carboxylic acids is 1. The molecule has 1 aliphatic rings. The van der Waals surface area contributed by atoms with E-state index in [9.17, 15) is 9.18 Å². The van der Waals surface area contributed by atoms with Crippen molar-refractivity contribution in [1.82, 2.24) is 0 Å². The summed E-state index contributed by atoms with van der Waals surface area (Å²) in [5.74, 6) is -0.360. The number of rotatable bonds is 3. The summed E-state index contributed by atoms with van der Waals surface area (Å²) in [5.41, 5.74) is 2.98. The van der Waals surface area contributed by atoms with Gasteiger partial charge in [-0.2, -0.15) is 0 Å². The van der Waals surface area contributed by atoms with Gasteiger partial charge in [0.25, 0.3) is 0 Å². The lowest BCUT2D eigenvalue weighted by molar-refractivity contribution is -0.117. The molecule has 6 heteroatoms. The Morgan fingerprint density at radius 3 is 2.73 bits per heavy atom. The Morgan fingerprint density at radius 1 is 1.12 bits per heavy atom. The molecule has 0 N–H and O–H groups in total. The van der Waals surface area contributed by atoms with E-state index in [1.54, 1.807) is 22.3 Å². The third kappa shape index (κ3) is 3.48. The van der Waals surface area contributed by atoms with E-state index in [-0.39, 0.29) is 18.1 Å². The molecule has 2 heterocycles. The van der Waals surface area contributed by atoms with Gasteiger partial charge in [0.05, 0.1) is 38.7 Å². The molecule has 130 valence electrons. The molecule has 3 nitrogen and oxygen atoms in total. The van der Waals surface area contributed by atoms with Crippen LogP contribution in [-0.2, 0) is 11.3 Å². The fourth-order valence-corrected chi connectivity index (χ4v) is 4.32. The maximum atomic E-state index is 13.6. The quantitative estimate of drug-likeness (QED) is 0.525. The predicted octanol–water partition coefficient (Wildman–Crippen LogP) is 5.71. The van der Waals surface area contributed by atoms with Gasteiger partial charge >= 0.3 is 0 Å². The fraction of sp³-hybridized carbons (Fsp3) is 0.100. The van der Waals surface area contributed by atoms with Gasteiger partial charge in [-0.05, 0) is 57.9 Å². The van der Waals surface area contributed by atoms with Crippen LogP contribution in [0.3, 0.4) is 0 Å². The van der Waals surface area contributed by atoms with Crippen LogP contribution < -0.4 is 4.90 Å². The van der Waals surface area contributed by atoms with Crippen LogP contribution in [0, 0.1) is 5.82 Å². The maximum absolute atomic E-state index is 13.6. The van der Waals surface area contributed by atoms with Gasteiger partial charge in [-0.25, -0.2) is 9.38 Å². The standard InChI is InChI=1S/C20H14BrFN2OS/c21-19-9-8-18(26-19)16-11-20(25)24(12-13-4-3-5-14(22)10-13)17-7-2-1-6-15(17)23-16/h1-10H,11-12H2. The van der Waals surface area contributed by atoms with Crippen LogP contribution in [0.15, 0.2) is 69.4 Å². The molecule has 3 aromatic rings. The van der Waals surface area contributed by atoms with Crippen molar-refractivity contribution in [3.05, 3.63) is 80.7 Å². The molecule has 0 aliphatic carbocycles. The number of carbonyl (C=O) groups is 1. The molecular weight excluding hydrogens is 415 g/mol. The zero-order valence-corrected chi connectivity index (χ0v) is 16.1. The molecule has 0 saturated heterocycles. The van der Waals surface area contributed by atoms with Crippen LogP contribution in [0.25, 0.3) is 0 Å². The Balaban J connectivity index is 1.74. The third-order valence-corrected chi connectivity index (χ3v) is 5.81. The van der Waals surface area contributed by atoms with Gasteiger partial charge in [0, 0.05) is 0 Å². The Labute approximate surface area is 162 Å².